The summed E-state index contributed by atoms with van der Waals surface area (Å²) in [4.78, 5) is 0. The van der Waals surface area contributed by atoms with E-state index in [1.54, 1.807) is 0 Å². The van der Waals surface area contributed by atoms with E-state index in [1.807, 2.05) is 0 Å². The van der Waals surface area contributed by atoms with E-state index >= 15 is 0 Å². The summed E-state index contributed by atoms with van der Waals surface area (Å²) >= 11 is 0. The molecule has 0 heteroatoms. The molecule has 0 unspecified atom stereocenters. The van der Waals surface area contributed by atoms with Crippen LogP contribution < -0.4 is 0 Å². The van der Waals surface area contributed by atoms with Gasteiger partial charge in [-0.1, -0.05) is 47.5 Å². The fourth-order valence-electron chi connectivity index (χ4n) is 2.87. The van der Waals surface area contributed by atoms with E-state index in [4.69, 9.17) is 0 Å². The number of rotatable bonds is 2. The summed E-state index contributed by atoms with van der Waals surface area (Å²) in [6, 6.07) is 13.4. The van der Waals surface area contributed by atoms with E-state index < -0.39 is 0 Å². The standard InChI is InChI=1S/C20H24/c1-13-7-9-19(15(3)11-13)17(5)18(6)20-10-8-14(2)12-16(20)4/h7-12H,1-6H3/b18-17+. The molecule has 0 bridgehead atoms. The first kappa shape index (κ1) is 14.6. The summed E-state index contributed by atoms with van der Waals surface area (Å²) < 4.78 is 0. The van der Waals surface area contributed by atoms with Crippen molar-refractivity contribution in [1.82, 2.24) is 0 Å². The van der Waals surface area contributed by atoms with Crippen LogP contribution in [-0.2, 0) is 0 Å². The van der Waals surface area contributed by atoms with Crippen LogP contribution >= 0.6 is 0 Å². The van der Waals surface area contributed by atoms with Crippen molar-refractivity contribution in [3.05, 3.63) is 69.8 Å². The lowest BCUT2D eigenvalue weighted by Crippen LogP contribution is -1.93. The molecule has 0 spiro atoms. The lowest BCUT2D eigenvalue weighted by molar-refractivity contribution is 1.33. The maximum absolute atomic E-state index is 2.26. The zero-order valence-electron chi connectivity index (χ0n) is 13.5. The van der Waals surface area contributed by atoms with Crippen LogP contribution in [0.3, 0.4) is 0 Å². The van der Waals surface area contributed by atoms with E-state index in [0.717, 1.165) is 0 Å². The molecule has 0 aliphatic heterocycles. The minimum atomic E-state index is 1.32. The predicted octanol–water partition coefficient (Wildman–Crippen LogP) is 5.87. The van der Waals surface area contributed by atoms with Crippen molar-refractivity contribution in [3.63, 3.8) is 0 Å². The molecule has 0 amide bonds. The molecular formula is C20H24. The normalized spacial score (nSPS) is 12.3. The van der Waals surface area contributed by atoms with Crippen molar-refractivity contribution in [2.24, 2.45) is 0 Å². The monoisotopic (exact) mass is 264 g/mol. The molecule has 2 aromatic carbocycles. The number of benzene rings is 2. The molecule has 0 fully saturated rings. The average Bonchev–Trinajstić information content (AvgIpc) is 2.37. The molecule has 0 atom stereocenters. The van der Waals surface area contributed by atoms with E-state index in [0.29, 0.717) is 0 Å². The van der Waals surface area contributed by atoms with Crippen molar-refractivity contribution < 1.29 is 0 Å². The lowest BCUT2D eigenvalue weighted by Gasteiger charge is -2.14. The maximum atomic E-state index is 2.26. The van der Waals surface area contributed by atoms with E-state index in [1.165, 1.54) is 44.5 Å². The Morgan fingerprint density at radius 2 is 0.950 bits per heavy atom. The number of aryl methyl sites for hydroxylation is 4. The SMILES string of the molecule is C/C(=C(/C)c1ccc(C)cc1C)c1ccc(C)cc1C. The van der Waals surface area contributed by atoms with Crippen LogP contribution in [0.1, 0.15) is 47.2 Å². The summed E-state index contributed by atoms with van der Waals surface area (Å²) in [6.45, 7) is 13.1. The lowest BCUT2D eigenvalue weighted by atomic mass is 9.91. The van der Waals surface area contributed by atoms with Gasteiger partial charge in [-0.15, -0.1) is 0 Å². The van der Waals surface area contributed by atoms with Crippen LogP contribution in [0.2, 0.25) is 0 Å². The minimum absolute atomic E-state index is 1.32. The van der Waals surface area contributed by atoms with Gasteiger partial charge in [0.2, 0.25) is 0 Å². The van der Waals surface area contributed by atoms with Gasteiger partial charge >= 0.3 is 0 Å². The van der Waals surface area contributed by atoms with Gasteiger partial charge in [-0.25, -0.2) is 0 Å². The predicted molar refractivity (Wildman–Crippen MR) is 90.0 cm³/mol. The van der Waals surface area contributed by atoms with Gasteiger partial charge in [-0.05, 0) is 74.9 Å². The Balaban J connectivity index is 2.55. The fourth-order valence-corrected chi connectivity index (χ4v) is 2.87. The Hall–Kier alpha value is -1.82. The fraction of sp³-hybridized carbons (Fsp3) is 0.300. The number of allylic oxidation sites excluding steroid dienone is 2. The third kappa shape index (κ3) is 2.85. The summed E-state index contributed by atoms with van der Waals surface area (Å²) in [5.74, 6) is 0. The quantitative estimate of drug-likeness (QED) is 0.595. The number of hydrogen-bond acceptors (Lipinski definition) is 0. The molecule has 104 valence electrons. The van der Waals surface area contributed by atoms with Crippen molar-refractivity contribution in [2.45, 2.75) is 41.5 Å². The van der Waals surface area contributed by atoms with Gasteiger partial charge in [-0.3, -0.25) is 0 Å². The van der Waals surface area contributed by atoms with Crippen LogP contribution in [0.5, 0.6) is 0 Å². The van der Waals surface area contributed by atoms with Gasteiger partial charge in [0, 0.05) is 0 Å². The first-order chi connectivity index (χ1) is 9.40. The highest BCUT2D eigenvalue weighted by molar-refractivity contribution is 5.90. The highest BCUT2D eigenvalue weighted by atomic mass is 14.1. The Morgan fingerprint density at radius 3 is 1.25 bits per heavy atom. The molecule has 0 saturated carbocycles. The smallest absolute Gasteiger partial charge is 0.0195 e. The van der Waals surface area contributed by atoms with Gasteiger partial charge in [0.15, 0.2) is 0 Å². The molecule has 0 aliphatic rings. The molecule has 0 nitrogen and oxygen atoms in total. The van der Waals surface area contributed by atoms with E-state index in [2.05, 4.69) is 77.9 Å². The molecule has 0 N–H and O–H groups in total. The van der Waals surface area contributed by atoms with Gasteiger partial charge in [-0.2, -0.15) is 0 Å². The average molecular weight is 264 g/mol. The van der Waals surface area contributed by atoms with Crippen LogP contribution in [-0.4, -0.2) is 0 Å². The van der Waals surface area contributed by atoms with Crippen LogP contribution in [0, 0.1) is 27.7 Å². The van der Waals surface area contributed by atoms with Crippen molar-refractivity contribution in [1.29, 1.82) is 0 Å². The van der Waals surface area contributed by atoms with Gasteiger partial charge in [0.05, 0.1) is 0 Å². The first-order valence-electron chi connectivity index (χ1n) is 7.23. The van der Waals surface area contributed by atoms with Crippen molar-refractivity contribution >= 4 is 11.1 Å². The number of hydrogen-bond donors (Lipinski definition) is 0. The first-order valence-corrected chi connectivity index (χ1v) is 7.23. The summed E-state index contributed by atoms with van der Waals surface area (Å²) in [6.07, 6.45) is 0. The molecule has 2 aromatic rings. The largest absolute Gasteiger partial charge is 0.0587 e. The zero-order chi connectivity index (χ0) is 14.9. The maximum Gasteiger partial charge on any atom is -0.0195 e. The van der Waals surface area contributed by atoms with Crippen molar-refractivity contribution in [2.75, 3.05) is 0 Å². The van der Waals surface area contributed by atoms with Gasteiger partial charge in [0.25, 0.3) is 0 Å². The van der Waals surface area contributed by atoms with Crippen LogP contribution in [0.4, 0.5) is 0 Å². The Kier molecular flexibility index (Phi) is 4.13. The highest BCUT2D eigenvalue weighted by Crippen LogP contribution is 2.30. The minimum Gasteiger partial charge on any atom is -0.0587 e. The second kappa shape index (κ2) is 5.66. The third-order valence-electron chi connectivity index (χ3n) is 4.13. The van der Waals surface area contributed by atoms with Crippen molar-refractivity contribution in [3.8, 4) is 0 Å². The summed E-state index contributed by atoms with van der Waals surface area (Å²) in [5.41, 5.74) is 10.8. The van der Waals surface area contributed by atoms with Crippen LogP contribution in [0.15, 0.2) is 36.4 Å². The molecular weight excluding hydrogens is 240 g/mol. The molecule has 20 heavy (non-hydrogen) atoms. The summed E-state index contributed by atoms with van der Waals surface area (Å²) in [7, 11) is 0. The zero-order valence-corrected chi connectivity index (χ0v) is 13.5. The van der Waals surface area contributed by atoms with Gasteiger partial charge in [0.1, 0.15) is 0 Å². The summed E-state index contributed by atoms with van der Waals surface area (Å²) in [5, 5.41) is 0. The van der Waals surface area contributed by atoms with Crippen LogP contribution in [0.25, 0.3) is 11.1 Å². The van der Waals surface area contributed by atoms with E-state index in [-0.39, 0.29) is 0 Å². The molecule has 0 radical (unpaired) electrons. The van der Waals surface area contributed by atoms with Gasteiger partial charge < -0.3 is 0 Å². The Morgan fingerprint density at radius 1 is 0.600 bits per heavy atom. The Bertz CT molecular complexity index is 613. The second-order valence-corrected chi connectivity index (χ2v) is 5.89. The molecule has 0 heterocycles. The molecule has 0 aromatic heterocycles. The topological polar surface area (TPSA) is 0 Å². The third-order valence-corrected chi connectivity index (χ3v) is 4.13. The Labute approximate surface area is 123 Å². The second-order valence-electron chi connectivity index (χ2n) is 5.89. The molecule has 2 rings (SSSR count). The molecule has 0 saturated heterocycles. The molecule has 0 aliphatic carbocycles. The highest BCUT2D eigenvalue weighted by Gasteiger charge is 2.08. The van der Waals surface area contributed by atoms with E-state index in [9.17, 15) is 0 Å².